The van der Waals surface area contributed by atoms with Gasteiger partial charge in [0, 0.05) is 0 Å². The number of carboxylic acid groups (broad SMARTS) is 1. The van der Waals surface area contributed by atoms with Gasteiger partial charge in [-0.05, 0) is 25.9 Å². The lowest BCUT2D eigenvalue weighted by atomic mass is 9.83. The molecule has 0 amide bonds. The van der Waals surface area contributed by atoms with Crippen LogP contribution in [0.1, 0.15) is 25.7 Å². The topological polar surface area (TPSA) is 40.5 Å². The summed E-state index contributed by atoms with van der Waals surface area (Å²) < 4.78 is 0. The molecular weight excluding hydrogens is 154 g/mol. The second-order valence-electron chi connectivity index (χ2n) is 3.72. The van der Waals surface area contributed by atoms with Crippen LogP contribution in [0, 0.1) is 5.92 Å². The van der Waals surface area contributed by atoms with E-state index in [1.807, 2.05) is 11.9 Å². The molecule has 1 fully saturated rings. The molecule has 0 radical (unpaired) electrons. The zero-order valence-electron chi connectivity index (χ0n) is 7.62. The first kappa shape index (κ1) is 9.52. The van der Waals surface area contributed by atoms with Crippen molar-refractivity contribution in [2.24, 2.45) is 5.92 Å². The number of aliphatic carboxylic acids is 1. The molecule has 0 aliphatic heterocycles. The van der Waals surface area contributed by atoms with E-state index in [0.717, 1.165) is 12.5 Å². The number of carboxylic acids is 1. The highest BCUT2D eigenvalue weighted by atomic mass is 16.4. The zero-order valence-corrected chi connectivity index (χ0v) is 7.62. The molecule has 0 aromatic rings. The number of hydrogen-bond donors (Lipinski definition) is 1. The van der Waals surface area contributed by atoms with Crippen molar-refractivity contribution in [3.63, 3.8) is 0 Å². The van der Waals surface area contributed by atoms with E-state index in [2.05, 4.69) is 0 Å². The molecule has 0 saturated heterocycles. The normalized spacial score (nSPS) is 17.8. The smallest absolute Gasteiger partial charge is 0.317 e. The lowest BCUT2D eigenvalue weighted by molar-refractivity contribution is -0.138. The van der Waals surface area contributed by atoms with Crippen molar-refractivity contribution in [3.05, 3.63) is 0 Å². The molecule has 0 aromatic heterocycles. The predicted molar refractivity (Wildman–Crippen MR) is 47.1 cm³/mol. The summed E-state index contributed by atoms with van der Waals surface area (Å²) in [5.74, 6) is 0.146. The van der Waals surface area contributed by atoms with Gasteiger partial charge >= 0.3 is 5.97 Å². The second-order valence-corrected chi connectivity index (χ2v) is 3.72. The van der Waals surface area contributed by atoms with E-state index in [9.17, 15) is 4.79 Å². The van der Waals surface area contributed by atoms with E-state index in [4.69, 9.17) is 5.11 Å². The van der Waals surface area contributed by atoms with Crippen LogP contribution in [0.4, 0.5) is 0 Å². The average molecular weight is 171 g/mol. The summed E-state index contributed by atoms with van der Waals surface area (Å²) in [5.41, 5.74) is 0. The zero-order chi connectivity index (χ0) is 8.97. The van der Waals surface area contributed by atoms with Crippen LogP contribution < -0.4 is 0 Å². The SMILES string of the molecule is CN(CCC1CCC1)CC(=O)O. The first-order chi connectivity index (χ1) is 5.68. The van der Waals surface area contributed by atoms with Crippen LogP contribution in [-0.4, -0.2) is 36.1 Å². The molecule has 1 N–H and O–H groups in total. The Kier molecular flexibility index (Phi) is 3.53. The first-order valence-electron chi connectivity index (χ1n) is 4.59. The number of likely N-dealkylation sites (N-methyl/N-ethyl adjacent to an activating group) is 1. The highest BCUT2D eigenvalue weighted by Crippen LogP contribution is 2.29. The number of nitrogens with zero attached hydrogens (tertiary/aromatic N) is 1. The summed E-state index contributed by atoms with van der Waals surface area (Å²) in [6.07, 6.45) is 5.24. The summed E-state index contributed by atoms with van der Waals surface area (Å²) in [6, 6.07) is 0. The Labute approximate surface area is 73.4 Å². The van der Waals surface area contributed by atoms with Crippen molar-refractivity contribution in [2.45, 2.75) is 25.7 Å². The van der Waals surface area contributed by atoms with Gasteiger partial charge < -0.3 is 5.11 Å². The van der Waals surface area contributed by atoms with Gasteiger partial charge in [0.1, 0.15) is 0 Å². The minimum absolute atomic E-state index is 0.173. The van der Waals surface area contributed by atoms with E-state index in [1.165, 1.54) is 25.7 Å². The second kappa shape index (κ2) is 4.45. The van der Waals surface area contributed by atoms with Gasteiger partial charge in [0.15, 0.2) is 0 Å². The molecule has 1 saturated carbocycles. The fourth-order valence-electron chi connectivity index (χ4n) is 1.49. The van der Waals surface area contributed by atoms with Gasteiger partial charge in [-0.3, -0.25) is 9.69 Å². The predicted octanol–water partition coefficient (Wildman–Crippen LogP) is 1.19. The Balaban J connectivity index is 2.00. The maximum atomic E-state index is 10.3. The van der Waals surface area contributed by atoms with Crippen LogP contribution in [-0.2, 0) is 4.79 Å². The number of hydrogen-bond acceptors (Lipinski definition) is 2. The van der Waals surface area contributed by atoms with Crippen LogP contribution >= 0.6 is 0 Å². The third-order valence-electron chi connectivity index (χ3n) is 2.55. The van der Waals surface area contributed by atoms with Crippen molar-refractivity contribution in [2.75, 3.05) is 20.1 Å². The van der Waals surface area contributed by atoms with Crippen LogP contribution in [0.3, 0.4) is 0 Å². The monoisotopic (exact) mass is 171 g/mol. The van der Waals surface area contributed by atoms with E-state index < -0.39 is 5.97 Å². The molecule has 12 heavy (non-hydrogen) atoms. The molecule has 0 heterocycles. The Morgan fingerprint density at radius 1 is 1.58 bits per heavy atom. The highest BCUT2D eigenvalue weighted by molar-refractivity contribution is 5.68. The van der Waals surface area contributed by atoms with Gasteiger partial charge in [-0.15, -0.1) is 0 Å². The Hall–Kier alpha value is -0.570. The fraction of sp³-hybridized carbons (Fsp3) is 0.889. The van der Waals surface area contributed by atoms with Crippen molar-refractivity contribution < 1.29 is 9.90 Å². The molecule has 0 spiro atoms. The molecule has 3 nitrogen and oxygen atoms in total. The largest absolute Gasteiger partial charge is 0.480 e. The third-order valence-corrected chi connectivity index (χ3v) is 2.55. The van der Waals surface area contributed by atoms with E-state index in [-0.39, 0.29) is 6.54 Å². The van der Waals surface area contributed by atoms with Crippen molar-refractivity contribution in [1.29, 1.82) is 0 Å². The molecule has 0 aromatic carbocycles. The molecule has 1 aliphatic rings. The van der Waals surface area contributed by atoms with Gasteiger partial charge in [0.2, 0.25) is 0 Å². The Morgan fingerprint density at radius 2 is 2.25 bits per heavy atom. The lowest BCUT2D eigenvalue weighted by Gasteiger charge is -2.27. The summed E-state index contributed by atoms with van der Waals surface area (Å²) in [6.45, 7) is 1.10. The first-order valence-corrected chi connectivity index (χ1v) is 4.59. The molecule has 1 rings (SSSR count). The van der Waals surface area contributed by atoms with Gasteiger partial charge in [-0.25, -0.2) is 0 Å². The molecule has 70 valence electrons. The van der Waals surface area contributed by atoms with E-state index >= 15 is 0 Å². The Morgan fingerprint density at radius 3 is 2.67 bits per heavy atom. The number of carbonyl (C=O) groups is 1. The maximum Gasteiger partial charge on any atom is 0.317 e. The van der Waals surface area contributed by atoms with Gasteiger partial charge in [-0.1, -0.05) is 19.3 Å². The number of rotatable bonds is 5. The lowest BCUT2D eigenvalue weighted by Crippen LogP contribution is -2.28. The van der Waals surface area contributed by atoms with E-state index in [1.54, 1.807) is 0 Å². The van der Waals surface area contributed by atoms with Crippen LogP contribution in [0.5, 0.6) is 0 Å². The van der Waals surface area contributed by atoms with Gasteiger partial charge in [0.05, 0.1) is 6.54 Å². The van der Waals surface area contributed by atoms with E-state index in [0.29, 0.717) is 0 Å². The average Bonchev–Trinajstić information content (AvgIpc) is 1.81. The highest BCUT2D eigenvalue weighted by Gasteiger charge is 2.17. The van der Waals surface area contributed by atoms with Crippen molar-refractivity contribution in [3.8, 4) is 0 Å². The molecule has 0 atom stereocenters. The van der Waals surface area contributed by atoms with Crippen molar-refractivity contribution in [1.82, 2.24) is 4.90 Å². The van der Waals surface area contributed by atoms with Gasteiger partial charge in [0.25, 0.3) is 0 Å². The summed E-state index contributed by atoms with van der Waals surface area (Å²) in [7, 11) is 1.87. The quantitative estimate of drug-likeness (QED) is 0.675. The third kappa shape index (κ3) is 3.22. The van der Waals surface area contributed by atoms with Crippen LogP contribution in [0.2, 0.25) is 0 Å². The minimum Gasteiger partial charge on any atom is -0.480 e. The molecule has 0 bridgehead atoms. The standard InChI is InChI=1S/C9H17NO2/c1-10(7-9(11)12)6-5-8-3-2-4-8/h8H,2-7H2,1H3,(H,11,12). The minimum atomic E-state index is -0.730. The summed E-state index contributed by atoms with van der Waals surface area (Å²) in [5, 5.41) is 8.48. The molecular formula is C9H17NO2. The summed E-state index contributed by atoms with van der Waals surface area (Å²) >= 11 is 0. The molecule has 3 heteroatoms. The van der Waals surface area contributed by atoms with Gasteiger partial charge in [-0.2, -0.15) is 0 Å². The van der Waals surface area contributed by atoms with Crippen LogP contribution in [0.25, 0.3) is 0 Å². The Bertz CT molecular complexity index is 155. The molecule has 1 aliphatic carbocycles. The van der Waals surface area contributed by atoms with Crippen molar-refractivity contribution >= 4 is 5.97 Å². The fourth-order valence-corrected chi connectivity index (χ4v) is 1.49. The summed E-state index contributed by atoms with van der Waals surface area (Å²) in [4.78, 5) is 12.2. The maximum absolute atomic E-state index is 10.3. The van der Waals surface area contributed by atoms with Crippen LogP contribution in [0.15, 0.2) is 0 Å². The molecule has 0 unspecified atom stereocenters.